The lowest BCUT2D eigenvalue weighted by Gasteiger charge is -2.49. The molecule has 0 radical (unpaired) electrons. The predicted molar refractivity (Wildman–Crippen MR) is 82.9 cm³/mol. The second-order valence-corrected chi connectivity index (χ2v) is 6.59. The van der Waals surface area contributed by atoms with Crippen LogP contribution in [0.15, 0.2) is 16.6 Å². The number of carbonyl (C=O) groups excluding carboxylic acids is 1. The number of nitrogens with one attached hydrogen (secondary N) is 1. The van der Waals surface area contributed by atoms with Crippen LogP contribution in [0.25, 0.3) is 0 Å². The van der Waals surface area contributed by atoms with Crippen molar-refractivity contribution in [2.24, 2.45) is 5.41 Å². The molecule has 1 aliphatic rings. The summed E-state index contributed by atoms with van der Waals surface area (Å²) in [5.74, 6) is 0.865. The van der Waals surface area contributed by atoms with Crippen LogP contribution in [0.3, 0.4) is 0 Å². The van der Waals surface area contributed by atoms with Crippen LogP contribution in [-0.2, 0) is 0 Å². The third-order valence-electron chi connectivity index (χ3n) is 4.23. The highest BCUT2D eigenvalue weighted by Gasteiger charge is 2.48. The van der Waals surface area contributed by atoms with Crippen molar-refractivity contribution in [1.82, 2.24) is 5.32 Å². The molecule has 0 aliphatic heterocycles. The van der Waals surface area contributed by atoms with E-state index in [0.717, 1.165) is 0 Å². The number of amides is 1. The lowest BCUT2D eigenvalue weighted by molar-refractivity contribution is -0.0689. The summed E-state index contributed by atoms with van der Waals surface area (Å²) in [6.45, 7) is 3.88. The molecule has 5 nitrogen and oxygen atoms in total. The summed E-state index contributed by atoms with van der Waals surface area (Å²) in [5.41, 5.74) is 0.156. The largest absolute Gasteiger partial charge is 0.495 e. The van der Waals surface area contributed by atoms with Gasteiger partial charge in [-0.15, -0.1) is 0 Å². The zero-order valence-electron chi connectivity index (χ0n) is 12.6. The zero-order valence-corrected chi connectivity index (χ0v) is 14.2. The fourth-order valence-corrected chi connectivity index (χ4v) is 2.94. The monoisotopic (exact) mass is 357 g/mol. The van der Waals surface area contributed by atoms with Crippen molar-refractivity contribution >= 4 is 21.8 Å². The van der Waals surface area contributed by atoms with E-state index in [1.807, 2.05) is 13.8 Å². The van der Waals surface area contributed by atoms with Gasteiger partial charge in [0.05, 0.1) is 20.3 Å². The van der Waals surface area contributed by atoms with Gasteiger partial charge in [-0.05, 0) is 34.5 Å². The molecule has 6 heteroatoms. The van der Waals surface area contributed by atoms with Crippen molar-refractivity contribution < 1.29 is 19.4 Å². The summed E-state index contributed by atoms with van der Waals surface area (Å²) in [4.78, 5) is 12.4. The van der Waals surface area contributed by atoms with Crippen LogP contribution in [0, 0.1) is 5.41 Å². The van der Waals surface area contributed by atoms with E-state index < -0.39 is 0 Å². The molecule has 1 amide bonds. The Morgan fingerprint density at radius 2 is 1.86 bits per heavy atom. The van der Waals surface area contributed by atoms with Gasteiger partial charge in [0, 0.05) is 17.0 Å². The molecule has 0 heterocycles. The van der Waals surface area contributed by atoms with Gasteiger partial charge in [0.25, 0.3) is 5.91 Å². The molecule has 1 aromatic carbocycles. The first-order valence-corrected chi connectivity index (χ1v) is 7.51. The number of aliphatic hydroxyl groups is 1. The smallest absolute Gasteiger partial charge is 0.251 e. The van der Waals surface area contributed by atoms with E-state index in [9.17, 15) is 9.90 Å². The predicted octanol–water partition coefficient (Wildman–Crippen LogP) is 2.36. The Bertz CT molecular complexity index is 534. The third-order valence-corrected chi connectivity index (χ3v) is 5.01. The quantitative estimate of drug-likeness (QED) is 0.867. The van der Waals surface area contributed by atoms with Crippen LogP contribution in [-0.4, -0.2) is 37.4 Å². The highest BCUT2D eigenvalue weighted by molar-refractivity contribution is 9.10. The maximum Gasteiger partial charge on any atom is 0.251 e. The number of carbonyl (C=O) groups is 1. The molecule has 2 N–H and O–H groups in total. The van der Waals surface area contributed by atoms with E-state index in [1.165, 1.54) is 14.2 Å². The molecule has 0 saturated heterocycles. The van der Waals surface area contributed by atoms with E-state index in [1.54, 1.807) is 12.1 Å². The van der Waals surface area contributed by atoms with Crippen LogP contribution in [0.2, 0.25) is 0 Å². The van der Waals surface area contributed by atoms with Gasteiger partial charge in [-0.1, -0.05) is 13.8 Å². The third kappa shape index (κ3) is 2.87. The average Bonchev–Trinajstić information content (AvgIpc) is 2.47. The molecular formula is C15H20BrNO4. The van der Waals surface area contributed by atoms with Gasteiger partial charge in [0.1, 0.15) is 16.0 Å². The highest BCUT2D eigenvalue weighted by atomic mass is 79.9. The second-order valence-electron chi connectivity index (χ2n) is 5.79. The van der Waals surface area contributed by atoms with Crippen molar-refractivity contribution in [1.29, 1.82) is 0 Å². The van der Waals surface area contributed by atoms with Gasteiger partial charge in [-0.3, -0.25) is 4.79 Å². The molecule has 1 aromatic rings. The molecule has 1 aliphatic carbocycles. The summed E-state index contributed by atoms with van der Waals surface area (Å²) in [5, 5.41) is 12.7. The van der Waals surface area contributed by atoms with E-state index in [-0.39, 0.29) is 23.5 Å². The average molecular weight is 358 g/mol. The SMILES string of the molecule is COc1cc(C(=O)NC2CC(O)C2(C)C)cc(OC)c1Br. The summed E-state index contributed by atoms with van der Waals surface area (Å²) in [7, 11) is 3.07. The van der Waals surface area contributed by atoms with Crippen molar-refractivity contribution in [2.75, 3.05) is 14.2 Å². The summed E-state index contributed by atoms with van der Waals surface area (Å²) >= 11 is 3.37. The molecular weight excluding hydrogens is 338 g/mol. The molecule has 2 rings (SSSR count). The maximum atomic E-state index is 12.4. The molecule has 1 fully saturated rings. The van der Waals surface area contributed by atoms with Crippen molar-refractivity contribution in [2.45, 2.75) is 32.4 Å². The molecule has 0 aromatic heterocycles. The highest BCUT2D eigenvalue weighted by Crippen LogP contribution is 2.41. The lowest BCUT2D eigenvalue weighted by Crippen LogP contribution is -2.61. The van der Waals surface area contributed by atoms with Crippen molar-refractivity contribution in [3.63, 3.8) is 0 Å². The van der Waals surface area contributed by atoms with E-state index in [0.29, 0.717) is 28.0 Å². The van der Waals surface area contributed by atoms with Crippen LogP contribution >= 0.6 is 15.9 Å². The van der Waals surface area contributed by atoms with Gasteiger partial charge in [0.15, 0.2) is 0 Å². The first kappa shape index (κ1) is 16.1. The second kappa shape index (κ2) is 5.85. The fourth-order valence-electron chi connectivity index (χ4n) is 2.39. The summed E-state index contributed by atoms with van der Waals surface area (Å²) in [6.07, 6.45) is 0.195. The van der Waals surface area contributed by atoms with Crippen LogP contribution < -0.4 is 14.8 Å². The standard InChI is InChI=1S/C15H20BrNO4/c1-15(2)11(7-12(15)18)17-14(19)8-5-9(20-3)13(16)10(6-8)21-4/h5-6,11-12,18H,7H2,1-4H3,(H,17,19). The number of rotatable bonds is 4. The minimum atomic E-state index is -0.378. The lowest BCUT2D eigenvalue weighted by atomic mass is 9.64. The van der Waals surface area contributed by atoms with E-state index in [2.05, 4.69) is 21.2 Å². The molecule has 2 unspecified atom stereocenters. The van der Waals surface area contributed by atoms with Crippen LogP contribution in [0.5, 0.6) is 11.5 Å². The van der Waals surface area contributed by atoms with Gasteiger partial charge in [-0.2, -0.15) is 0 Å². The Balaban J connectivity index is 2.20. The van der Waals surface area contributed by atoms with Gasteiger partial charge in [-0.25, -0.2) is 0 Å². The Morgan fingerprint density at radius 3 is 2.24 bits per heavy atom. The number of ether oxygens (including phenoxy) is 2. The van der Waals surface area contributed by atoms with Gasteiger partial charge < -0.3 is 19.9 Å². The number of methoxy groups -OCH3 is 2. The Labute approximate surface area is 132 Å². The fraction of sp³-hybridized carbons (Fsp3) is 0.533. The van der Waals surface area contributed by atoms with Gasteiger partial charge >= 0.3 is 0 Å². The first-order valence-electron chi connectivity index (χ1n) is 6.71. The number of halogens is 1. The number of aliphatic hydroxyl groups excluding tert-OH is 1. The van der Waals surface area contributed by atoms with E-state index >= 15 is 0 Å². The van der Waals surface area contributed by atoms with Crippen molar-refractivity contribution in [3.8, 4) is 11.5 Å². The molecule has 0 spiro atoms. The zero-order chi connectivity index (χ0) is 15.8. The van der Waals surface area contributed by atoms with Crippen LogP contribution in [0.4, 0.5) is 0 Å². The summed E-state index contributed by atoms with van der Waals surface area (Å²) < 4.78 is 11.1. The number of benzene rings is 1. The number of hydrogen-bond donors (Lipinski definition) is 2. The van der Waals surface area contributed by atoms with Crippen molar-refractivity contribution in [3.05, 3.63) is 22.2 Å². The topological polar surface area (TPSA) is 67.8 Å². The molecule has 2 atom stereocenters. The van der Waals surface area contributed by atoms with E-state index in [4.69, 9.17) is 9.47 Å². The minimum absolute atomic E-state index is 0.0411. The molecule has 21 heavy (non-hydrogen) atoms. The molecule has 116 valence electrons. The summed E-state index contributed by atoms with van der Waals surface area (Å²) in [6, 6.07) is 3.27. The molecule has 1 saturated carbocycles. The first-order chi connectivity index (χ1) is 9.81. The van der Waals surface area contributed by atoms with Gasteiger partial charge in [0.2, 0.25) is 0 Å². The Hall–Kier alpha value is -1.27. The minimum Gasteiger partial charge on any atom is -0.495 e. The van der Waals surface area contributed by atoms with Crippen LogP contribution in [0.1, 0.15) is 30.6 Å². The Morgan fingerprint density at radius 1 is 1.33 bits per heavy atom. The Kier molecular flexibility index (Phi) is 4.49. The normalized spacial score (nSPS) is 23.1. The molecule has 0 bridgehead atoms. The maximum absolute atomic E-state index is 12.4. The number of hydrogen-bond acceptors (Lipinski definition) is 4.